The highest BCUT2D eigenvalue weighted by molar-refractivity contribution is 7.26. The van der Waals surface area contributed by atoms with Crippen LogP contribution in [0.15, 0.2) is 267 Å². The SMILES string of the molecule is C1=C(c2nc(-c3ccccc3)nc3c2sc2ccccc23)CC(c2ccccc2)C(n2c3c(-c4ccccc4)c(-c4ccccc4)ccc3c3ccc(-c4ccccc4)c(-c4ccccc4)c32)=C1c1ccccc1. The Kier molecular flexibility index (Phi) is 10.9. The second-order valence-corrected chi connectivity index (χ2v) is 20.2. The van der Waals surface area contributed by atoms with E-state index in [0.717, 1.165) is 54.9 Å². The largest absolute Gasteiger partial charge is 0.310 e. The fourth-order valence-electron chi connectivity index (χ4n) is 11.5. The van der Waals surface area contributed by atoms with Crippen LogP contribution in [0.5, 0.6) is 0 Å². The summed E-state index contributed by atoms with van der Waals surface area (Å²) in [7, 11) is 0. The van der Waals surface area contributed by atoms with Crippen molar-refractivity contribution in [2.75, 3.05) is 0 Å². The average molecular weight is 962 g/mol. The monoisotopic (exact) mass is 961 g/mol. The predicted octanol–water partition coefficient (Wildman–Crippen LogP) is 18.9. The quantitative estimate of drug-likeness (QED) is 0.144. The molecular formula is C70H47N3S. The van der Waals surface area contributed by atoms with Crippen molar-refractivity contribution in [1.29, 1.82) is 0 Å². The van der Waals surface area contributed by atoms with Gasteiger partial charge >= 0.3 is 0 Å². The number of benzene rings is 10. The van der Waals surface area contributed by atoms with Gasteiger partial charge in [0.25, 0.3) is 0 Å². The van der Waals surface area contributed by atoms with E-state index in [1.807, 2.05) is 0 Å². The van der Waals surface area contributed by atoms with E-state index < -0.39 is 0 Å². The molecule has 14 rings (SSSR count). The van der Waals surface area contributed by atoms with E-state index in [1.54, 1.807) is 11.3 Å². The molecule has 0 N–H and O–H groups in total. The number of hydrogen-bond acceptors (Lipinski definition) is 3. The molecule has 1 aliphatic carbocycles. The summed E-state index contributed by atoms with van der Waals surface area (Å²) in [5, 5.41) is 3.55. The summed E-state index contributed by atoms with van der Waals surface area (Å²) in [5.41, 5.74) is 20.7. The van der Waals surface area contributed by atoms with Crippen LogP contribution in [0.3, 0.4) is 0 Å². The standard InChI is InChI=1S/C70H47N3S/c1-8-24-46(25-9-1)54-40-42-56-57-43-41-55(47-26-10-2-11-27-47)63(51-34-18-6-19-35-51)68(57)73(67(56)62(54)50-32-16-5-17-33-50)66-59(48-28-12-3-13-29-48)44-53(45-60(66)49-30-14-4-15-31-49)64-69-65(58-38-22-23-39-61(58)74-69)72-70(71-64)52-36-20-7-21-37-52/h1-44,60H,45H2. The molecule has 0 bridgehead atoms. The van der Waals surface area contributed by atoms with Gasteiger partial charge in [0.05, 0.1) is 26.9 Å². The lowest BCUT2D eigenvalue weighted by Gasteiger charge is -2.32. The van der Waals surface area contributed by atoms with Crippen LogP contribution in [0.4, 0.5) is 0 Å². The smallest absolute Gasteiger partial charge is 0.160 e. The van der Waals surface area contributed by atoms with E-state index >= 15 is 0 Å². The topological polar surface area (TPSA) is 30.7 Å². The summed E-state index contributed by atoms with van der Waals surface area (Å²) in [6.07, 6.45) is 3.18. The van der Waals surface area contributed by atoms with Crippen LogP contribution in [-0.4, -0.2) is 14.5 Å². The number of rotatable bonds is 9. The van der Waals surface area contributed by atoms with Crippen molar-refractivity contribution < 1.29 is 0 Å². The van der Waals surface area contributed by atoms with Crippen LogP contribution < -0.4 is 0 Å². The zero-order chi connectivity index (χ0) is 49.0. The molecule has 0 amide bonds. The van der Waals surface area contributed by atoms with E-state index in [-0.39, 0.29) is 5.92 Å². The molecule has 0 saturated carbocycles. The molecule has 348 valence electrons. The van der Waals surface area contributed by atoms with Crippen molar-refractivity contribution in [3.05, 3.63) is 284 Å². The normalized spacial score (nSPS) is 13.8. The zero-order valence-corrected chi connectivity index (χ0v) is 41.3. The lowest BCUT2D eigenvalue weighted by atomic mass is 9.79. The van der Waals surface area contributed by atoms with Gasteiger partial charge in [0, 0.05) is 54.7 Å². The predicted molar refractivity (Wildman–Crippen MR) is 313 cm³/mol. The molecule has 74 heavy (non-hydrogen) atoms. The maximum atomic E-state index is 5.63. The van der Waals surface area contributed by atoms with Crippen molar-refractivity contribution >= 4 is 70.3 Å². The van der Waals surface area contributed by atoms with E-state index in [4.69, 9.17) is 9.97 Å². The van der Waals surface area contributed by atoms with Crippen molar-refractivity contribution in [3.8, 4) is 55.9 Å². The van der Waals surface area contributed by atoms with E-state index in [9.17, 15) is 0 Å². The Bertz CT molecular complexity index is 4140. The van der Waals surface area contributed by atoms with Gasteiger partial charge in [0.15, 0.2) is 5.82 Å². The molecule has 10 aromatic carbocycles. The van der Waals surface area contributed by atoms with Crippen molar-refractivity contribution in [2.24, 2.45) is 0 Å². The third-order valence-electron chi connectivity index (χ3n) is 14.8. The maximum absolute atomic E-state index is 5.63. The first-order valence-electron chi connectivity index (χ1n) is 25.4. The number of fused-ring (bicyclic) bond motifs is 6. The summed E-state index contributed by atoms with van der Waals surface area (Å²) in [6.45, 7) is 0. The molecule has 1 atom stereocenters. The van der Waals surface area contributed by atoms with Crippen LogP contribution in [-0.2, 0) is 0 Å². The Balaban J connectivity index is 1.20. The van der Waals surface area contributed by atoms with Gasteiger partial charge in [-0.15, -0.1) is 11.3 Å². The molecular weight excluding hydrogens is 915 g/mol. The maximum Gasteiger partial charge on any atom is 0.160 e. The first-order chi connectivity index (χ1) is 36.7. The van der Waals surface area contributed by atoms with Crippen LogP contribution in [0.25, 0.3) is 115 Å². The second kappa shape index (κ2) is 18.4. The molecule has 3 aromatic heterocycles. The Morgan fingerprint density at radius 2 is 0.838 bits per heavy atom. The fourth-order valence-corrected chi connectivity index (χ4v) is 12.7. The number of aromatic nitrogens is 3. The highest BCUT2D eigenvalue weighted by Gasteiger charge is 2.34. The van der Waals surface area contributed by atoms with Crippen molar-refractivity contribution in [1.82, 2.24) is 14.5 Å². The molecule has 0 aliphatic heterocycles. The number of hydrogen-bond donors (Lipinski definition) is 0. The molecule has 0 spiro atoms. The number of thiophene rings is 1. The average Bonchev–Trinajstić information content (AvgIpc) is 4.04. The van der Waals surface area contributed by atoms with Gasteiger partial charge in [-0.2, -0.15) is 0 Å². The molecule has 3 heterocycles. The molecule has 0 fully saturated rings. The first kappa shape index (κ1) is 43.6. The fraction of sp³-hybridized carbons (Fsp3) is 0.0286. The summed E-state index contributed by atoms with van der Waals surface area (Å²) >= 11 is 1.79. The number of nitrogens with zero attached hydrogens (tertiary/aromatic N) is 3. The van der Waals surface area contributed by atoms with E-state index in [1.165, 1.54) is 76.7 Å². The van der Waals surface area contributed by atoms with Crippen LogP contribution in [0, 0.1) is 0 Å². The lowest BCUT2D eigenvalue weighted by Crippen LogP contribution is -2.16. The van der Waals surface area contributed by atoms with Gasteiger partial charge < -0.3 is 4.57 Å². The third kappa shape index (κ3) is 7.41. The Morgan fingerprint density at radius 1 is 0.392 bits per heavy atom. The van der Waals surface area contributed by atoms with Gasteiger partial charge in [0.2, 0.25) is 0 Å². The van der Waals surface area contributed by atoms with Gasteiger partial charge in [-0.25, -0.2) is 9.97 Å². The van der Waals surface area contributed by atoms with Crippen molar-refractivity contribution in [3.63, 3.8) is 0 Å². The van der Waals surface area contributed by atoms with Gasteiger partial charge in [0.1, 0.15) is 0 Å². The highest BCUT2D eigenvalue weighted by atomic mass is 32.1. The molecule has 0 radical (unpaired) electrons. The minimum atomic E-state index is -0.127. The molecule has 13 aromatic rings. The lowest BCUT2D eigenvalue weighted by molar-refractivity contribution is 0.843. The van der Waals surface area contributed by atoms with Crippen LogP contribution >= 0.6 is 11.3 Å². The summed E-state index contributed by atoms with van der Waals surface area (Å²) in [5.74, 6) is 0.604. The third-order valence-corrected chi connectivity index (χ3v) is 16.0. The zero-order valence-electron chi connectivity index (χ0n) is 40.4. The van der Waals surface area contributed by atoms with Gasteiger partial charge in [-0.1, -0.05) is 255 Å². The molecule has 1 unspecified atom stereocenters. The summed E-state index contributed by atoms with van der Waals surface area (Å²) in [6, 6.07) is 94.8. The Morgan fingerprint density at radius 3 is 1.36 bits per heavy atom. The van der Waals surface area contributed by atoms with Gasteiger partial charge in [-0.05, 0) is 68.6 Å². The van der Waals surface area contributed by atoms with Crippen LogP contribution in [0.2, 0.25) is 0 Å². The minimum absolute atomic E-state index is 0.127. The minimum Gasteiger partial charge on any atom is -0.310 e. The van der Waals surface area contributed by atoms with E-state index in [2.05, 4.69) is 271 Å². The second-order valence-electron chi connectivity index (χ2n) is 19.1. The first-order valence-corrected chi connectivity index (χ1v) is 26.2. The van der Waals surface area contributed by atoms with Crippen LogP contribution in [0.1, 0.15) is 29.2 Å². The molecule has 3 nitrogen and oxygen atoms in total. The Hall–Kier alpha value is -9.22. The number of allylic oxidation sites excluding steroid dienone is 4. The van der Waals surface area contributed by atoms with Gasteiger partial charge in [-0.3, -0.25) is 0 Å². The Labute approximate surface area is 434 Å². The van der Waals surface area contributed by atoms with E-state index in [0.29, 0.717) is 6.42 Å². The van der Waals surface area contributed by atoms with Crippen molar-refractivity contribution in [2.45, 2.75) is 12.3 Å². The molecule has 0 saturated heterocycles. The molecule has 1 aliphatic rings. The summed E-state index contributed by atoms with van der Waals surface area (Å²) in [4.78, 5) is 11.0. The molecule has 4 heteroatoms. The highest BCUT2D eigenvalue weighted by Crippen LogP contribution is 2.54. The summed E-state index contributed by atoms with van der Waals surface area (Å²) < 4.78 is 5.02.